The van der Waals surface area contributed by atoms with Crippen molar-refractivity contribution in [3.63, 3.8) is 0 Å². The number of hydrogen-bond acceptors (Lipinski definition) is 3. The van der Waals surface area contributed by atoms with E-state index in [1.165, 1.54) is 11.1 Å². The van der Waals surface area contributed by atoms with Crippen molar-refractivity contribution >= 4 is 15.9 Å². The van der Waals surface area contributed by atoms with E-state index < -0.39 is 10.0 Å². The van der Waals surface area contributed by atoms with Gasteiger partial charge < -0.3 is 5.32 Å². The first-order valence-electron chi connectivity index (χ1n) is 10.9. The number of nitrogens with zero attached hydrogens (tertiary/aromatic N) is 1. The molecule has 1 saturated heterocycles. The van der Waals surface area contributed by atoms with Crippen LogP contribution in [-0.4, -0.2) is 31.7 Å². The molecule has 2 aromatic carbocycles. The molecule has 1 aliphatic rings. The highest BCUT2D eigenvalue weighted by molar-refractivity contribution is 7.88. The van der Waals surface area contributed by atoms with Gasteiger partial charge in [0.2, 0.25) is 10.0 Å². The monoisotopic (exact) mass is 428 g/mol. The van der Waals surface area contributed by atoms with Gasteiger partial charge in [-0.2, -0.15) is 0 Å². The lowest BCUT2D eigenvalue weighted by atomic mass is 10.0. The Morgan fingerprint density at radius 2 is 1.57 bits per heavy atom. The third kappa shape index (κ3) is 5.70. The van der Waals surface area contributed by atoms with Crippen molar-refractivity contribution in [1.82, 2.24) is 9.62 Å². The Morgan fingerprint density at radius 1 is 0.900 bits per heavy atom. The maximum Gasteiger partial charge on any atom is 0.251 e. The summed E-state index contributed by atoms with van der Waals surface area (Å²) in [5.74, 6) is -0.164. The zero-order valence-electron chi connectivity index (χ0n) is 18.0. The lowest BCUT2D eigenvalue weighted by molar-refractivity contribution is 0.0951. The van der Waals surface area contributed by atoms with Crippen LogP contribution in [0.4, 0.5) is 0 Å². The first kappa shape index (κ1) is 22.5. The number of benzene rings is 2. The summed E-state index contributed by atoms with van der Waals surface area (Å²) >= 11 is 0. The van der Waals surface area contributed by atoms with Crippen molar-refractivity contribution in [1.29, 1.82) is 0 Å². The van der Waals surface area contributed by atoms with Gasteiger partial charge in [0.25, 0.3) is 5.91 Å². The van der Waals surface area contributed by atoms with Crippen LogP contribution in [-0.2, 0) is 35.2 Å². The van der Waals surface area contributed by atoms with Gasteiger partial charge in [0.1, 0.15) is 0 Å². The van der Waals surface area contributed by atoms with Gasteiger partial charge in [0, 0.05) is 25.2 Å². The van der Waals surface area contributed by atoms with Gasteiger partial charge in [-0.25, -0.2) is 12.7 Å². The lowest BCUT2D eigenvalue weighted by Gasteiger charge is -2.25. The molecule has 1 amide bonds. The molecule has 1 fully saturated rings. The molecular weight excluding hydrogens is 396 g/mol. The van der Waals surface area contributed by atoms with E-state index in [9.17, 15) is 13.2 Å². The minimum absolute atomic E-state index is 0.0153. The van der Waals surface area contributed by atoms with Crippen LogP contribution >= 0.6 is 0 Å². The zero-order chi connectivity index (χ0) is 21.6. The fraction of sp³-hybridized carbons (Fsp3) is 0.458. The van der Waals surface area contributed by atoms with Crippen molar-refractivity contribution in [2.45, 2.75) is 58.2 Å². The Kier molecular flexibility index (Phi) is 7.67. The predicted octanol–water partition coefficient (Wildman–Crippen LogP) is 4.06. The standard InChI is InChI=1S/C24H32N2O3S/c1-3-19-8-11-21(4-2)23(16-19)17-25-24(27)22-12-9-20(10-13-22)18-30(28,29)26-14-6-5-7-15-26/h8-13,16H,3-7,14-15,17-18H2,1-2H3,(H,25,27). The average Bonchev–Trinajstić information content (AvgIpc) is 2.78. The van der Waals surface area contributed by atoms with Gasteiger partial charge >= 0.3 is 0 Å². The van der Waals surface area contributed by atoms with E-state index in [0.717, 1.165) is 37.7 Å². The number of aryl methyl sites for hydroxylation is 2. The molecule has 2 aromatic rings. The summed E-state index contributed by atoms with van der Waals surface area (Å²) in [7, 11) is -3.30. The van der Waals surface area contributed by atoms with E-state index in [0.29, 0.717) is 30.8 Å². The molecule has 1 heterocycles. The number of carbonyl (C=O) groups excluding carboxylic acids is 1. The van der Waals surface area contributed by atoms with Crippen molar-refractivity contribution < 1.29 is 13.2 Å². The first-order valence-corrected chi connectivity index (χ1v) is 12.5. The number of rotatable bonds is 8. The molecule has 1 aliphatic heterocycles. The predicted molar refractivity (Wildman–Crippen MR) is 121 cm³/mol. The van der Waals surface area contributed by atoms with Crippen LogP contribution in [0.15, 0.2) is 42.5 Å². The molecule has 30 heavy (non-hydrogen) atoms. The van der Waals surface area contributed by atoms with Gasteiger partial charge in [0.15, 0.2) is 0 Å². The molecule has 5 nitrogen and oxygen atoms in total. The van der Waals surface area contributed by atoms with Crippen molar-refractivity contribution in [3.8, 4) is 0 Å². The van der Waals surface area contributed by atoms with Crippen LogP contribution in [0.3, 0.4) is 0 Å². The van der Waals surface area contributed by atoms with Crippen LogP contribution in [0.2, 0.25) is 0 Å². The fourth-order valence-electron chi connectivity index (χ4n) is 3.88. The Morgan fingerprint density at radius 3 is 2.20 bits per heavy atom. The van der Waals surface area contributed by atoms with Crippen LogP contribution in [0.1, 0.15) is 65.7 Å². The zero-order valence-corrected chi connectivity index (χ0v) is 18.8. The second-order valence-corrected chi connectivity index (χ2v) is 9.87. The Hall–Kier alpha value is -2.18. The molecule has 0 bridgehead atoms. The summed E-state index contributed by atoms with van der Waals surface area (Å²) in [6, 6.07) is 13.3. The van der Waals surface area contributed by atoms with Gasteiger partial charge in [-0.1, -0.05) is 50.6 Å². The van der Waals surface area contributed by atoms with E-state index >= 15 is 0 Å². The third-order valence-electron chi connectivity index (χ3n) is 5.77. The van der Waals surface area contributed by atoms with Gasteiger partial charge in [-0.15, -0.1) is 0 Å². The topological polar surface area (TPSA) is 66.5 Å². The smallest absolute Gasteiger partial charge is 0.251 e. The molecule has 1 N–H and O–H groups in total. The van der Waals surface area contributed by atoms with Gasteiger partial charge in [0.05, 0.1) is 5.75 Å². The van der Waals surface area contributed by atoms with E-state index in [2.05, 4.69) is 37.4 Å². The molecule has 162 valence electrons. The van der Waals surface area contributed by atoms with E-state index in [4.69, 9.17) is 0 Å². The van der Waals surface area contributed by atoms with E-state index in [1.807, 2.05) is 0 Å². The maximum atomic E-state index is 12.6. The Bertz CT molecular complexity index is 962. The highest BCUT2D eigenvalue weighted by atomic mass is 32.2. The molecule has 0 unspecified atom stereocenters. The molecule has 6 heteroatoms. The number of nitrogens with one attached hydrogen (secondary N) is 1. The van der Waals surface area contributed by atoms with Gasteiger partial charge in [-0.05, 0) is 60.1 Å². The van der Waals surface area contributed by atoms with Crippen LogP contribution in [0.25, 0.3) is 0 Å². The summed E-state index contributed by atoms with van der Waals surface area (Å²) in [5, 5.41) is 3.00. The number of piperidine rings is 1. The highest BCUT2D eigenvalue weighted by Gasteiger charge is 2.24. The highest BCUT2D eigenvalue weighted by Crippen LogP contribution is 2.18. The molecular formula is C24H32N2O3S. The second-order valence-electron chi connectivity index (χ2n) is 7.91. The number of hydrogen-bond donors (Lipinski definition) is 1. The van der Waals surface area contributed by atoms with Crippen LogP contribution in [0.5, 0.6) is 0 Å². The molecule has 0 radical (unpaired) electrons. The minimum Gasteiger partial charge on any atom is -0.348 e. The maximum absolute atomic E-state index is 12.6. The SMILES string of the molecule is CCc1ccc(CC)c(CNC(=O)c2ccc(CS(=O)(=O)N3CCCCC3)cc2)c1. The normalized spacial score (nSPS) is 15.1. The fourth-order valence-corrected chi connectivity index (χ4v) is 5.49. The van der Waals surface area contributed by atoms with Gasteiger partial charge in [-0.3, -0.25) is 4.79 Å². The molecule has 0 spiro atoms. The Balaban J connectivity index is 1.61. The molecule has 0 aromatic heterocycles. The molecule has 0 saturated carbocycles. The van der Waals surface area contributed by atoms with E-state index in [1.54, 1.807) is 28.6 Å². The number of carbonyl (C=O) groups is 1. The van der Waals surface area contributed by atoms with Crippen molar-refractivity contribution in [2.75, 3.05) is 13.1 Å². The van der Waals surface area contributed by atoms with Crippen LogP contribution < -0.4 is 5.32 Å². The summed E-state index contributed by atoms with van der Waals surface area (Å²) < 4.78 is 26.8. The quantitative estimate of drug-likeness (QED) is 0.690. The largest absolute Gasteiger partial charge is 0.348 e. The second kappa shape index (κ2) is 10.2. The third-order valence-corrected chi connectivity index (χ3v) is 7.62. The van der Waals surface area contributed by atoms with E-state index in [-0.39, 0.29) is 11.7 Å². The lowest BCUT2D eigenvalue weighted by Crippen LogP contribution is -2.36. The van der Waals surface area contributed by atoms with Crippen molar-refractivity contribution in [3.05, 3.63) is 70.3 Å². The summed E-state index contributed by atoms with van der Waals surface area (Å²) in [4.78, 5) is 12.6. The Labute approximate surface area is 180 Å². The van der Waals surface area contributed by atoms with Crippen molar-refractivity contribution in [2.24, 2.45) is 0 Å². The summed E-state index contributed by atoms with van der Waals surface area (Å²) in [5.41, 5.74) is 4.90. The average molecular weight is 429 g/mol. The molecule has 0 atom stereocenters. The summed E-state index contributed by atoms with van der Waals surface area (Å²) in [6.07, 6.45) is 4.85. The number of sulfonamides is 1. The minimum atomic E-state index is -3.30. The first-order chi connectivity index (χ1) is 14.4. The molecule has 0 aliphatic carbocycles. The molecule has 3 rings (SSSR count). The van der Waals surface area contributed by atoms with Crippen LogP contribution in [0, 0.1) is 0 Å². The number of amides is 1. The summed E-state index contributed by atoms with van der Waals surface area (Å²) in [6.45, 7) is 5.95.